The van der Waals surface area contributed by atoms with E-state index in [9.17, 15) is 0 Å². The van der Waals surface area contributed by atoms with Gasteiger partial charge in [0.05, 0.1) is 13.2 Å². The average Bonchev–Trinajstić information content (AvgIpc) is 2.78. The van der Waals surface area contributed by atoms with Crippen molar-refractivity contribution in [3.8, 4) is 11.8 Å². The molecule has 8 nitrogen and oxygen atoms in total. The van der Waals surface area contributed by atoms with Gasteiger partial charge in [0.2, 0.25) is 17.7 Å². The maximum Gasteiger partial charge on any atom is 0.236 e. The van der Waals surface area contributed by atoms with E-state index in [1.807, 2.05) is 6.26 Å². The second-order valence-corrected chi connectivity index (χ2v) is 9.98. The van der Waals surface area contributed by atoms with Crippen molar-refractivity contribution < 1.29 is 14.2 Å². The Bertz CT molecular complexity index is 699. The molecule has 182 valence electrons. The number of thioether (sulfide) groups is 1. The number of hydrogen-bond acceptors (Lipinski definition) is 9. The van der Waals surface area contributed by atoms with Gasteiger partial charge in [0.25, 0.3) is 0 Å². The largest absolute Gasteiger partial charge is 0.475 e. The normalized spacial score (nSPS) is 18.7. The third kappa shape index (κ3) is 6.85. The molecule has 0 radical (unpaired) electrons. The number of rotatable bonds is 10. The van der Waals surface area contributed by atoms with Gasteiger partial charge >= 0.3 is 0 Å². The van der Waals surface area contributed by atoms with Gasteiger partial charge in [-0.05, 0) is 53.8 Å². The molecule has 1 aromatic rings. The van der Waals surface area contributed by atoms with Crippen molar-refractivity contribution in [2.75, 3.05) is 70.7 Å². The maximum atomic E-state index is 6.45. The standard InChI is InChI=1S/C23H41N5O3S/c1-17(2)28(18(3)4)13-16-30-21-20(32-6)22(31-19-7-9-26(5)10-8-19)25-23(24-21)27-11-14-29-15-12-27/h17-19H,7-16H2,1-6H3. The van der Waals surface area contributed by atoms with Gasteiger partial charge in [-0.3, -0.25) is 4.90 Å². The van der Waals surface area contributed by atoms with Gasteiger partial charge in [0, 0.05) is 44.8 Å². The van der Waals surface area contributed by atoms with Crippen LogP contribution in [0.25, 0.3) is 0 Å². The monoisotopic (exact) mass is 467 g/mol. The molecular weight excluding hydrogens is 426 g/mol. The molecule has 32 heavy (non-hydrogen) atoms. The molecule has 2 aliphatic heterocycles. The molecule has 3 rings (SSSR count). The van der Waals surface area contributed by atoms with E-state index < -0.39 is 0 Å². The molecule has 3 heterocycles. The zero-order chi connectivity index (χ0) is 23.1. The summed E-state index contributed by atoms with van der Waals surface area (Å²) in [5.41, 5.74) is 0. The number of hydrogen-bond donors (Lipinski definition) is 0. The summed E-state index contributed by atoms with van der Waals surface area (Å²) in [6.07, 6.45) is 4.23. The highest BCUT2D eigenvalue weighted by molar-refractivity contribution is 7.98. The first-order valence-electron chi connectivity index (χ1n) is 11.9. The number of likely N-dealkylation sites (tertiary alicyclic amines) is 1. The number of nitrogens with zero attached hydrogens (tertiary/aromatic N) is 5. The van der Waals surface area contributed by atoms with Crippen molar-refractivity contribution in [1.29, 1.82) is 0 Å². The van der Waals surface area contributed by atoms with Gasteiger partial charge in [0.15, 0.2) is 0 Å². The predicted molar refractivity (Wildman–Crippen MR) is 130 cm³/mol. The molecule has 0 unspecified atom stereocenters. The summed E-state index contributed by atoms with van der Waals surface area (Å²) in [7, 11) is 2.16. The molecule has 0 bridgehead atoms. The number of morpholine rings is 1. The van der Waals surface area contributed by atoms with Crippen molar-refractivity contribution >= 4 is 17.7 Å². The highest BCUT2D eigenvalue weighted by Gasteiger charge is 2.25. The summed E-state index contributed by atoms with van der Waals surface area (Å²) in [5.74, 6) is 1.96. The lowest BCUT2D eigenvalue weighted by atomic mass is 10.1. The van der Waals surface area contributed by atoms with Gasteiger partial charge in [-0.2, -0.15) is 9.97 Å². The van der Waals surface area contributed by atoms with Crippen molar-refractivity contribution in [3.05, 3.63) is 0 Å². The lowest BCUT2D eigenvalue weighted by Gasteiger charge is -2.31. The lowest BCUT2D eigenvalue weighted by molar-refractivity contribution is 0.104. The van der Waals surface area contributed by atoms with Crippen LogP contribution in [0.15, 0.2) is 4.90 Å². The van der Waals surface area contributed by atoms with Crippen molar-refractivity contribution in [3.63, 3.8) is 0 Å². The zero-order valence-electron chi connectivity index (χ0n) is 20.7. The fraction of sp³-hybridized carbons (Fsp3) is 0.826. The molecule has 0 atom stereocenters. The first-order chi connectivity index (χ1) is 15.4. The topological polar surface area (TPSA) is 63.2 Å². The minimum atomic E-state index is 0.176. The second-order valence-electron chi connectivity index (χ2n) is 9.16. The van der Waals surface area contributed by atoms with E-state index >= 15 is 0 Å². The Balaban J connectivity index is 1.81. The molecule has 2 saturated heterocycles. The Labute approximate surface area is 198 Å². The van der Waals surface area contributed by atoms with E-state index in [-0.39, 0.29) is 6.10 Å². The average molecular weight is 468 g/mol. The van der Waals surface area contributed by atoms with Gasteiger partial charge < -0.3 is 24.0 Å². The molecule has 0 spiro atoms. The Morgan fingerprint density at radius 3 is 2.25 bits per heavy atom. The van der Waals surface area contributed by atoms with Gasteiger partial charge in [-0.1, -0.05) is 0 Å². The molecule has 0 aliphatic carbocycles. The molecule has 0 aromatic carbocycles. The first-order valence-corrected chi connectivity index (χ1v) is 13.1. The molecule has 0 saturated carbocycles. The molecule has 1 aromatic heterocycles. The van der Waals surface area contributed by atoms with Gasteiger partial charge in [0.1, 0.15) is 17.6 Å². The molecule has 9 heteroatoms. The predicted octanol–water partition coefficient (Wildman–Crippen LogP) is 3.01. The minimum absolute atomic E-state index is 0.176. The van der Waals surface area contributed by atoms with Crippen LogP contribution in [0.1, 0.15) is 40.5 Å². The quantitative estimate of drug-likeness (QED) is 0.483. The third-order valence-corrected chi connectivity index (χ3v) is 6.91. The van der Waals surface area contributed by atoms with Crippen LogP contribution in [-0.2, 0) is 4.74 Å². The lowest BCUT2D eigenvalue weighted by Crippen LogP contribution is -2.40. The molecular formula is C23H41N5O3S. The van der Waals surface area contributed by atoms with Crippen LogP contribution in [0.4, 0.5) is 5.95 Å². The van der Waals surface area contributed by atoms with Crippen LogP contribution < -0.4 is 14.4 Å². The Kier molecular flexibility index (Phi) is 9.70. The maximum absolute atomic E-state index is 6.45. The summed E-state index contributed by atoms with van der Waals surface area (Å²) in [6, 6.07) is 0.938. The molecule has 2 aliphatic rings. The Morgan fingerprint density at radius 2 is 1.66 bits per heavy atom. The molecule has 0 amide bonds. The number of aromatic nitrogens is 2. The minimum Gasteiger partial charge on any atom is -0.475 e. The zero-order valence-corrected chi connectivity index (χ0v) is 21.5. The third-order valence-electron chi connectivity index (χ3n) is 6.15. The van der Waals surface area contributed by atoms with E-state index in [2.05, 4.69) is 49.4 Å². The summed E-state index contributed by atoms with van der Waals surface area (Å²) < 4.78 is 18.3. The first kappa shape index (κ1) is 25.3. The highest BCUT2D eigenvalue weighted by Crippen LogP contribution is 2.37. The number of piperidine rings is 1. The van der Waals surface area contributed by atoms with E-state index in [4.69, 9.17) is 24.2 Å². The van der Waals surface area contributed by atoms with Crippen LogP contribution in [0, 0.1) is 0 Å². The van der Waals surface area contributed by atoms with E-state index in [0.717, 1.165) is 50.5 Å². The van der Waals surface area contributed by atoms with Crippen LogP contribution >= 0.6 is 11.8 Å². The smallest absolute Gasteiger partial charge is 0.236 e. The summed E-state index contributed by atoms with van der Waals surface area (Å²) in [6.45, 7) is 15.4. The fourth-order valence-electron chi connectivity index (χ4n) is 4.28. The van der Waals surface area contributed by atoms with Crippen LogP contribution in [0.5, 0.6) is 11.8 Å². The highest BCUT2D eigenvalue weighted by atomic mass is 32.2. The fourth-order valence-corrected chi connectivity index (χ4v) is 4.83. The van der Waals surface area contributed by atoms with Crippen LogP contribution in [0.3, 0.4) is 0 Å². The van der Waals surface area contributed by atoms with Crippen molar-refractivity contribution in [2.24, 2.45) is 0 Å². The summed E-state index contributed by atoms with van der Waals surface area (Å²) in [4.78, 5) is 17.5. The molecule has 2 fully saturated rings. The van der Waals surface area contributed by atoms with E-state index in [0.29, 0.717) is 49.6 Å². The Morgan fingerprint density at radius 1 is 1.03 bits per heavy atom. The SMILES string of the molecule is CSc1c(OCCN(C(C)C)C(C)C)nc(N2CCOCC2)nc1OC1CCN(C)CC1. The second kappa shape index (κ2) is 12.3. The van der Waals surface area contributed by atoms with E-state index in [1.54, 1.807) is 11.8 Å². The number of anilines is 1. The molecule has 0 N–H and O–H groups in total. The van der Waals surface area contributed by atoms with Crippen molar-refractivity contribution in [1.82, 2.24) is 19.8 Å². The summed E-state index contributed by atoms with van der Waals surface area (Å²) >= 11 is 1.60. The van der Waals surface area contributed by atoms with E-state index in [1.165, 1.54) is 0 Å². The van der Waals surface area contributed by atoms with Crippen LogP contribution in [-0.4, -0.2) is 104 Å². The van der Waals surface area contributed by atoms with Crippen LogP contribution in [0.2, 0.25) is 0 Å². The van der Waals surface area contributed by atoms with Gasteiger partial charge in [-0.15, -0.1) is 11.8 Å². The summed E-state index contributed by atoms with van der Waals surface area (Å²) in [5, 5.41) is 0. The van der Waals surface area contributed by atoms with Crippen molar-refractivity contribution in [2.45, 2.75) is 63.6 Å². The number of ether oxygens (including phenoxy) is 3. The van der Waals surface area contributed by atoms with Gasteiger partial charge in [-0.25, -0.2) is 0 Å². The Hall–Kier alpha value is -1.29.